The quantitative estimate of drug-likeness (QED) is 0.690. The summed E-state index contributed by atoms with van der Waals surface area (Å²) in [5.74, 6) is 0.197. The number of carbonyl (C=O) groups excluding carboxylic acids is 1. The Bertz CT molecular complexity index is 887. The molecule has 0 aliphatic carbocycles. The second kappa shape index (κ2) is 6.54. The molecule has 0 amide bonds. The minimum atomic E-state index is -0.494. The molecular formula is C18H17N3O3. The van der Waals surface area contributed by atoms with Gasteiger partial charge in [-0.25, -0.2) is 9.48 Å². The van der Waals surface area contributed by atoms with Crippen LogP contribution < -0.4 is 4.74 Å². The summed E-state index contributed by atoms with van der Waals surface area (Å²) in [6, 6.07) is 13.0. The highest BCUT2D eigenvalue weighted by Crippen LogP contribution is 2.32. The summed E-state index contributed by atoms with van der Waals surface area (Å²) < 4.78 is 11.9. The van der Waals surface area contributed by atoms with Gasteiger partial charge in [0.05, 0.1) is 31.3 Å². The topological polar surface area (TPSA) is 66.2 Å². The number of methoxy groups -OCH3 is 2. The summed E-state index contributed by atoms with van der Waals surface area (Å²) >= 11 is 0. The van der Waals surface area contributed by atoms with Gasteiger partial charge in [0.1, 0.15) is 5.75 Å². The van der Waals surface area contributed by atoms with Crippen LogP contribution in [0.3, 0.4) is 0 Å². The molecule has 1 aromatic carbocycles. The number of esters is 1. The second-order valence-electron chi connectivity index (χ2n) is 5.13. The number of ether oxygens (including phenoxy) is 2. The molecule has 6 heteroatoms. The maximum absolute atomic E-state index is 11.9. The Balaban J connectivity index is 2.26. The fourth-order valence-corrected chi connectivity index (χ4v) is 2.52. The van der Waals surface area contributed by atoms with Crippen molar-refractivity contribution in [3.05, 3.63) is 60.0 Å². The van der Waals surface area contributed by atoms with Gasteiger partial charge >= 0.3 is 5.97 Å². The molecule has 122 valence electrons. The fourth-order valence-electron chi connectivity index (χ4n) is 2.52. The maximum atomic E-state index is 11.9. The highest BCUT2D eigenvalue weighted by atomic mass is 16.5. The Morgan fingerprint density at radius 3 is 2.62 bits per heavy atom. The van der Waals surface area contributed by atoms with Gasteiger partial charge in [-0.05, 0) is 37.3 Å². The molecule has 6 nitrogen and oxygen atoms in total. The van der Waals surface area contributed by atoms with Crippen molar-refractivity contribution in [2.24, 2.45) is 0 Å². The highest BCUT2D eigenvalue weighted by molar-refractivity contribution is 5.89. The molecule has 3 aromatic rings. The van der Waals surface area contributed by atoms with E-state index in [0.717, 1.165) is 22.6 Å². The summed E-state index contributed by atoms with van der Waals surface area (Å²) in [7, 11) is 2.94. The van der Waals surface area contributed by atoms with E-state index in [4.69, 9.17) is 9.47 Å². The molecule has 0 unspecified atom stereocenters. The van der Waals surface area contributed by atoms with Crippen molar-refractivity contribution in [2.45, 2.75) is 6.92 Å². The maximum Gasteiger partial charge on any atom is 0.358 e. The fraction of sp³-hybridized carbons (Fsp3) is 0.167. The van der Waals surface area contributed by atoms with Gasteiger partial charge in [0, 0.05) is 11.8 Å². The average molecular weight is 323 g/mol. The van der Waals surface area contributed by atoms with Crippen LogP contribution in [0.1, 0.15) is 16.2 Å². The van der Waals surface area contributed by atoms with Crippen LogP contribution in [0.4, 0.5) is 0 Å². The van der Waals surface area contributed by atoms with Crippen LogP contribution in [0.15, 0.2) is 48.7 Å². The van der Waals surface area contributed by atoms with Crippen molar-refractivity contribution in [3.8, 4) is 22.7 Å². The molecule has 2 aromatic heterocycles. The number of benzene rings is 1. The van der Waals surface area contributed by atoms with Gasteiger partial charge in [-0.2, -0.15) is 5.10 Å². The first-order chi connectivity index (χ1) is 11.7. The van der Waals surface area contributed by atoms with E-state index in [0.29, 0.717) is 5.75 Å². The van der Waals surface area contributed by atoms with E-state index >= 15 is 0 Å². The lowest BCUT2D eigenvalue weighted by Gasteiger charge is -2.12. The molecule has 2 heterocycles. The normalized spacial score (nSPS) is 10.5. The Morgan fingerprint density at radius 1 is 1.12 bits per heavy atom. The van der Waals surface area contributed by atoms with Crippen LogP contribution in [-0.2, 0) is 4.74 Å². The first kappa shape index (κ1) is 15.7. The van der Waals surface area contributed by atoms with Crippen molar-refractivity contribution in [1.29, 1.82) is 0 Å². The molecule has 0 bridgehead atoms. The van der Waals surface area contributed by atoms with Crippen molar-refractivity contribution >= 4 is 5.97 Å². The van der Waals surface area contributed by atoms with Crippen molar-refractivity contribution in [1.82, 2.24) is 14.8 Å². The molecule has 0 spiro atoms. The predicted molar refractivity (Wildman–Crippen MR) is 89.4 cm³/mol. The predicted octanol–water partition coefficient (Wildman–Crippen LogP) is 3.04. The number of hydrogen-bond acceptors (Lipinski definition) is 5. The van der Waals surface area contributed by atoms with E-state index in [1.54, 1.807) is 24.1 Å². The molecule has 0 aliphatic rings. The number of aromatic nitrogens is 3. The third kappa shape index (κ3) is 2.74. The van der Waals surface area contributed by atoms with Crippen molar-refractivity contribution in [2.75, 3.05) is 14.2 Å². The van der Waals surface area contributed by atoms with E-state index in [1.165, 1.54) is 7.11 Å². The molecule has 0 saturated carbocycles. The van der Waals surface area contributed by atoms with E-state index in [9.17, 15) is 4.79 Å². The number of nitrogens with zero attached hydrogens (tertiary/aromatic N) is 3. The van der Waals surface area contributed by atoms with E-state index < -0.39 is 5.97 Å². The van der Waals surface area contributed by atoms with Gasteiger partial charge in [-0.3, -0.25) is 4.98 Å². The Labute approximate surface area is 139 Å². The van der Waals surface area contributed by atoms with Gasteiger partial charge in [0.15, 0.2) is 5.69 Å². The number of pyridine rings is 1. The molecule has 0 fully saturated rings. The molecule has 0 aliphatic heterocycles. The van der Waals surface area contributed by atoms with Crippen molar-refractivity contribution in [3.63, 3.8) is 0 Å². The minimum Gasteiger partial charge on any atom is -0.496 e. The van der Waals surface area contributed by atoms with E-state index in [2.05, 4.69) is 10.1 Å². The van der Waals surface area contributed by atoms with Crippen LogP contribution in [0.2, 0.25) is 0 Å². The number of rotatable bonds is 4. The van der Waals surface area contributed by atoms with Crippen LogP contribution in [0.25, 0.3) is 16.9 Å². The SMILES string of the molecule is COC(=O)c1cc(-c2ccccc2OC)n(-c2cccnc2C)n1. The lowest BCUT2D eigenvalue weighted by Crippen LogP contribution is -2.06. The first-order valence-electron chi connectivity index (χ1n) is 7.39. The van der Waals surface area contributed by atoms with Crippen LogP contribution in [0, 0.1) is 6.92 Å². The average Bonchev–Trinajstić information content (AvgIpc) is 3.06. The number of para-hydroxylation sites is 1. The van der Waals surface area contributed by atoms with Crippen LogP contribution >= 0.6 is 0 Å². The molecule has 0 N–H and O–H groups in total. The Kier molecular flexibility index (Phi) is 4.29. The van der Waals surface area contributed by atoms with Gasteiger partial charge in [0.25, 0.3) is 0 Å². The molecule has 0 radical (unpaired) electrons. The van der Waals surface area contributed by atoms with Crippen molar-refractivity contribution < 1.29 is 14.3 Å². The third-order valence-corrected chi connectivity index (χ3v) is 3.69. The molecule has 0 atom stereocenters. The van der Waals surface area contributed by atoms with Gasteiger partial charge in [0.2, 0.25) is 0 Å². The zero-order chi connectivity index (χ0) is 17.1. The van der Waals surface area contributed by atoms with Gasteiger partial charge in [-0.15, -0.1) is 0 Å². The minimum absolute atomic E-state index is 0.224. The summed E-state index contributed by atoms with van der Waals surface area (Å²) in [5, 5.41) is 4.41. The summed E-state index contributed by atoms with van der Waals surface area (Å²) in [6.45, 7) is 1.89. The number of carbonyl (C=O) groups is 1. The number of aryl methyl sites for hydroxylation is 1. The molecule has 0 saturated heterocycles. The summed E-state index contributed by atoms with van der Waals surface area (Å²) in [6.07, 6.45) is 1.71. The largest absolute Gasteiger partial charge is 0.496 e. The lowest BCUT2D eigenvalue weighted by atomic mass is 10.1. The van der Waals surface area contributed by atoms with Crippen LogP contribution in [0.5, 0.6) is 5.75 Å². The standard InChI is InChI=1S/C18H17N3O3/c1-12-15(8-6-10-19-12)21-16(11-14(20-21)18(22)24-3)13-7-4-5-9-17(13)23-2/h4-11H,1-3H3. The monoisotopic (exact) mass is 323 g/mol. The summed E-state index contributed by atoms with van der Waals surface area (Å²) in [4.78, 5) is 16.2. The molecule has 3 rings (SSSR count). The smallest absolute Gasteiger partial charge is 0.358 e. The van der Waals surface area contributed by atoms with Crippen LogP contribution in [-0.4, -0.2) is 35.0 Å². The molecular weight excluding hydrogens is 306 g/mol. The Hall–Kier alpha value is -3.15. The zero-order valence-electron chi connectivity index (χ0n) is 13.7. The number of hydrogen-bond donors (Lipinski definition) is 0. The van der Waals surface area contributed by atoms with Gasteiger partial charge < -0.3 is 9.47 Å². The third-order valence-electron chi connectivity index (χ3n) is 3.69. The second-order valence-corrected chi connectivity index (χ2v) is 5.13. The van der Waals surface area contributed by atoms with E-state index in [1.807, 2.05) is 43.3 Å². The van der Waals surface area contributed by atoms with Gasteiger partial charge in [-0.1, -0.05) is 12.1 Å². The highest BCUT2D eigenvalue weighted by Gasteiger charge is 2.20. The summed E-state index contributed by atoms with van der Waals surface area (Å²) in [5.41, 5.74) is 3.36. The zero-order valence-corrected chi connectivity index (χ0v) is 13.7. The molecule has 24 heavy (non-hydrogen) atoms. The Morgan fingerprint density at radius 2 is 1.92 bits per heavy atom. The lowest BCUT2D eigenvalue weighted by molar-refractivity contribution is 0.0593. The first-order valence-corrected chi connectivity index (χ1v) is 7.39. The van der Waals surface area contributed by atoms with E-state index in [-0.39, 0.29) is 5.69 Å².